The van der Waals surface area contributed by atoms with E-state index in [4.69, 9.17) is 0 Å². The Bertz CT molecular complexity index is 184. The van der Waals surface area contributed by atoms with E-state index in [-0.39, 0.29) is 0 Å². The summed E-state index contributed by atoms with van der Waals surface area (Å²) in [6, 6.07) is 1.20. The largest absolute Gasteiger partial charge is 0.315 e. The van der Waals surface area contributed by atoms with Crippen LogP contribution in [-0.4, -0.2) is 37.6 Å². The molecule has 0 saturated carbocycles. The van der Waals surface area contributed by atoms with Crippen LogP contribution in [0.5, 0.6) is 0 Å². The number of likely N-dealkylation sites (N-methyl/N-ethyl adjacent to an activating group) is 2. The van der Waals surface area contributed by atoms with E-state index >= 15 is 0 Å². The Morgan fingerprint density at radius 1 is 1.19 bits per heavy atom. The van der Waals surface area contributed by atoms with Crippen molar-refractivity contribution in [1.29, 1.82) is 0 Å². The van der Waals surface area contributed by atoms with Gasteiger partial charge in [0.2, 0.25) is 0 Å². The zero-order valence-corrected chi connectivity index (χ0v) is 12.6. The highest BCUT2D eigenvalue weighted by molar-refractivity contribution is 4.82. The van der Waals surface area contributed by atoms with Gasteiger partial charge in [0.05, 0.1) is 0 Å². The molecule has 0 rings (SSSR count). The van der Waals surface area contributed by atoms with Crippen LogP contribution >= 0.6 is 0 Å². The molecule has 3 atom stereocenters. The zero-order chi connectivity index (χ0) is 12.9. The van der Waals surface area contributed by atoms with E-state index in [9.17, 15) is 0 Å². The monoisotopic (exact) mass is 228 g/mol. The molecule has 0 aromatic rings. The third-order valence-corrected chi connectivity index (χ3v) is 4.10. The van der Waals surface area contributed by atoms with Crippen molar-refractivity contribution in [1.82, 2.24) is 10.2 Å². The molecule has 0 fully saturated rings. The molecule has 0 aliphatic rings. The standard InChI is InChI=1S/C14H32N2/c1-9-11(2)13(15-7)10-16(8)12(3)14(4,5)6/h11-13,15H,9-10H2,1-8H3. The average molecular weight is 228 g/mol. The molecule has 2 nitrogen and oxygen atoms in total. The van der Waals surface area contributed by atoms with E-state index in [1.165, 1.54) is 6.42 Å². The summed E-state index contributed by atoms with van der Waals surface area (Å²) in [5.41, 5.74) is 0.350. The highest BCUT2D eigenvalue weighted by atomic mass is 15.2. The van der Waals surface area contributed by atoms with E-state index in [1.54, 1.807) is 0 Å². The van der Waals surface area contributed by atoms with Crippen molar-refractivity contribution in [3.8, 4) is 0 Å². The van der Waals surface area contributed by atoms with Crippen LogP contribution in [0.1, 0.15) is 48.0 Å². The minimum atomic E-state index is 0.350. The van der Waals surface area contributed by atoms with Gasteiger partial charge in [-0.1, -0.05) is 41.0 Å². The molecule has 2 heteroatoms. The molecule has 0 aliphatic carbocycles. The second-order valence-electron chi connectivity index (χ2n) is 6.26. The molecule has 0 amide bonds. The maximum atomic E-state index is 3.45. The Morgan fingerprint density at radius 2 is 1.69 bits per heavy atom. The summed E-state index contributed by atoms with van der Waals surface area (Å²) >= 11 is 0. The molecule has 3 unspecified atom stereocenters. The summed E-state index contributed by atoms with van der Waals surface area (Å²) in [5.74, 6) is 0.736. The van der Waals surface area contributed by atoms with Crippen LogP contribution in [0.25, 0.3) is 0 Å². The molecule has 0 spiro atoms. The first kappa shape index (κ1) is 15.9. The summed E-state index contributed by atoms with van der Waals surface area (Å²) in [4.78, 5) is 2.48. The first-order chi connectivity index (χ1) is 7.23. The van der Waals surface area contributed by atoms with Gasteiger partial charge in [0.1, 0.15) is 0 Å². The van der Waals surface area contributed by atoms with Gasteiger partial charge in [-0.2, -0.15) is 0 Å². The lowest BCUT2D eigenvalue weighted by Crippen LogP contribution is -2.48. The molecule has 16 heavy (non-hydrogen) atoms. The van der Waals surface area contributed by atoms with Crippen LogP contribution in [-0.2, 0) is 0 Å². The van der Waals surface area contributed by atoms with Gasteiger partial charge in [-0.3, -0.25) is 0 Å². The Balaban J connectivity index is 4.35. The lowest BCUT2D eigenvalue weighted by molar-refractivity contribution is 0.120. The van der Waals surface area contributed by atoms with Crippen LogP contribution in [0.4, 0.5) is 0 Å². The smallest absolute Gasteiger partial charge is 0.0217 e. The van der Waals surface area contributed by atoms with Crippen LogP contribution in [0, 0.1) is 11.3 Å². The van der Waals surface area contributed by atoms with Gasteiger partial charge in [0, 0.05) is 18.6 Å². The molecular formula is C14H32N2. The first-order valence-corrected chi connectivity index (χ1v) is 6.61. The van der Waals surface area contributed by atoms with Crippen molar-refractivity contribution in [2.75, 3.05) is 20.6 Å². The predicted octanol–water partition coefficient (Wildman–Crippen LogP) is 2.99. The van der Waals surface area contributed by atoms with Crippen molar-refractivity contribution < 1.29 is 0 Å². The molecule has 98 valence electrons. The van der Waals surface area contributed by atoms with Crippen LogP contribution in [0.2, 0.25) is 0 Å². The number of hydrogen-bond acceptors (Lipinski definition) is 2. The highest BCUT2D eigenvalue weighted by Gasteiger charge is 2.26. The van der Waals surface area contributed by atoms with Gasteiger partial charge >= 0.3 is 0 Å². The van der Waals surface area contributed by atoms with E-state index in [1.807, 2.05) is 0 Å². The third-order valence-electron chi connectivity index (χ3n) is 4.10. The molecule has 0 radical (unpaired) electrons. The summed E-state index contributed by atoms with van der Waals surface area (Å²) in [7, 11) is 4.31. The summed E-state index contributed by atoms with van der Waals surface area (Å²) < 4.78 is 0. The van der Waals surface area contributed by atoms with Gasteiger partial charge in [0.25, 0.3) is 0 Å². The Kier molecular flexibility index (Phi) is 6.57. The topological polar surface area (TPSA) is 15.3 Å². The van der Waals surface area contributed by atoms with E-state index in [0.29, 0.717) is 17.5 Å². The van der Waals surface area contributed by atoms with Crippen LogP contribution in [0.15, 0.2) is 0 Å². The highest BCUT2D eigenvalue weighted by Crippen LogP contribution is 2.23. The zero-order valence-electron chi connectivity index (χ0n) is 12.6. The normalized spacial score (nSPS) is 18.6. The Hall–Kier alpha value is -0.0800. The van der Waals surface area contributed by atoms with E-state index in [2.05, 4.69) is 65.9 Å². The van der Waals surface area contributed by atoms with Crippen LogP contribution in [0.3, 0.4) is 0 Å². The third kappa shape index (κ3) is 4.84. The summed E-state index contributed by atoms with van der Waals surface area (Å²) in [5, 5.41) is 3.45. The molecule has 0 aromatic carbocycles. The Morgan fingerprint density at radius 3 is 2.00 bits per heavy atom. The number of nitrogens with zero attached hydrogens (tertiary/aromatic N) is 1. The van der Waals surface area contributed by atoms with Gasteiger partial charge < -0.3 is 10.2 Å². The fourth-order valence-electron chi connectivity index (χ4n) is 1.97. The lowest BCUT2D eigenvalue weighted by Gasteiger charge is -2.38. The SMILES string of the molecule is CCC(C)C(CN(C)C(C)C(C)(C)C)NC. The molecule has 0 bridgehead atoms. The molecule has 1 N–H and O–H groups in total. The summed E-state index contributed by atoms with van der Waals surface area (Å²) in [6.07, 6.45) is 1.24. The van der Waals surface area contributed by atoms with Gasteiger partial charge in [-0.15, -0.1) is 0 Å². The van der Waals surface area contributed by atoms with Crippen molar-refractivity contribution in [3.05, 3.63) is 0 Å². The number of rotatable bonds is 6. The van der Waals surface area contributed by atoms with Gasteiger partial charge in [-0.25, -0.2) is 0 Å². The van der Waals surface area contributed by atoms with Crippen molar-refractivity contribution in [2.45, 2.75) is 60.0 Å². The molecule has 0 heterocycles. The van der Waals surface area contributed by atoms with Crippen LogP contribution < -0.4 is 5.32 Å². The second kappa shape index (κ2) is 6.61. The lowest BCUT2D eigenvalue weighted by atomic mass is 9.86. The van der Waals surface area contributed by atoms with Crippen molar-refractivity contribution in [2.24, 2.45) is 11.3 Å². The number of nitrogens with one attached hydrogen (secondary N) is 1. The molecule has 0 saturated heterocycles. The average Bonchev–Trinajstić information content (AvgIpc) is 2.21. The van der Waals surface area contributed by atoms with Gasteiger partial charge in [0.15, 0.2) is 0 Å². The predicted molar refractivity (Wildman–Crippen MR) is 73.8 cm³/mol. The fourth-order valence-corrected chi connectivity index (χ4v) is 1.97. The summed E-state index contributed by atoms with van der Waals surface area (Å²) in [6.45, 7) is 15.0. The Labute approximate surface area is 103 Å². The number of hydrogen-bond donors (Lipinski definition) is 1. The molecular weight excluding hydrogens is 196 g/mol. The van der Waals surface area contributed by atoms with Crippen molar-refractivity contribution in [3.63, 3.8) is 0 Å². The second-order valence-corrected chi connectivity index (χ2v) is 6.26. The minimum Gasteiger partial charge on any atom is -0.315 e. The van der Waals surface area contributed by atoms with Crippen molar-refractivity contribution >= 4 is 0 Å². The minimum absolute atomic E-state index is 0.350. The maximum absolute atomic E-state index is 3.45. The molecule has 0 aliphatic heterocycles. The maximum Gasteiger partial charge on any atom is 0.0217 e. The van der Waals surface area contributed by atoms with E-state index < -0.39 is 0 Å². The first-order valence-electron chi connectivity index (χ1n) is 6.61. The van der Waals surface area contributed by atoms with Gasteiger partial charge in [-0.05, 0) is 32.4 Å². The quantitative estimate of drug-likeness (QED) is 0.752. The van der Waals surface area contributed by atoms with E-state index in [0.717, 1.165) is 12.5 Å². The molecule has 0 aromatic heterocycles. The fraction of sp³-hybridized carbons (Fsp3) is 1.00.